The smallest absolute Gasteiger partial charge is 0.122 e. The molecule has 1 aromatic rings. The Bertz CT molecular complexity index is 419. The van der Waals surface area contributed by atoms with Gasteiger partial charge in [-0.3, -0.25) is 0 Å². The second-order valence-corrected chi connectivity index (χ2v) is 5.60. The van der Waals surface area contributed by atoms with Gasteiger partial charge in [-0.15, -0.1) is 0 Å². The van der Waals surface area contributed by atoms with Crippen LogP contribution in [0.15, 0.2) is 18.2 Å². The highest BCUT2D eigenvalue weighted by Gasteiger charge is 2.17. The molecule has 0 amide bonds. The largest absolute Gasteiger partial charge is 0.493 e. The lowest BCUT2D eigenvalue weighted by molar-refractivity contribution is 0.106. The molecule has 0 radical (unpaired) electrons. The highest BCUT2D eigenvalue weighted by Crippen LogP contribution is 2.29. The maximum Gasteiger partial charge on any atom is 0.122 e. The summed E-state index contributed by atoms with van der Waals surface area (Å²) in [5, 5.41) is 3.66. The molecule has 0 aromatic heterocycles. The van der Waals surface area contributed by atoms with Crippen molar-refractivity contribution < 1.29 is 9.47 Å². The van der Waals surface area contributed by atoms with Gasteiger partial charge >= 0.3 is 0 Å². The summed E-state index contributed by atoms with van der Waals surface area (Å²) in [7, 11) is 1.78. The van der Waals surface area contributed by atoms with E-state index in [1.807, 2.05) is 0 Å². The Kier molecular flexibility index (Phi) is 5.86. The van der Waals surface area contributed by atoms with Gasteiger partial charge < -0.3 is 14.8 Å². The summed E-state index contributed by atoms with van der Waals surface area (Å²) in [6, 6.07) is 7.05. The molecule has 3 nitrogen and oxygen atoms in total. The van der Waals surface area contributed by atoms with E-state index >= 15 is 0 Å². The normalized spacial score (nSPS) is 16.6. The van der Waals surface area contributed by atoms with E-state index in [9.17, 15) is 0 Å². The summed E-state index contributed by atoms with van der Waals surface area (Å²) >= 11 is 0. The molecule has 2 atom stereocenters. The number of nitrogens with one attached hydrogen (secondary N) is 1. The van der Waals surface area contributed by atoms with Crippen LogP contribution in [0.3, 0.4) is 0 Å². The second kappa shape index (κ2) is 7.65. The summed E-state index contributed by atoms with van der Waals surface area (Å²) in [5.41, 5.74) is 2.73. The topological polar surface area (TPSA) is 30.5 Å². The fourth-order valence-electron chi connectivity index (χ4n) is 2.65. The lowest BCUT2D eigenvalue weighted by Gasteiger charge is -2.21. The van der Waals surface area contributed by atoms with Gasteiger partial charge in [0.05, 0.1) is 12.7 Å². The van der Waals surface area contributed by atoms with Crippen molar-refractivity contribution in [3.63, 3.8) is 0 Å². The Morgan fingerprint density at radius 2 is 2.20 bits per heavy atom. The summed E-state index contributed by atoms with van der Waals surface area (Å²) < 4.78 is 11.0. The lowest BCUT2D eigenvalue weighted by atomic mass is 9.97. The average molecular weight is 277 g/mol. The predicted octanol–water partition coefficient (Wildman–Crippen LogP) is 3.48. The fourth-order valence-corrected chi connectivity index (χ4v) is 2.65. The van der Waals surface area contributed by atoms with Crippen molar-refractivity contribution in [2.45, 2.75) is 51.7 Å². The zero-order chi connectivity index (χ0) is 14.4. The molecule has 1 aliphatic rings. The minimum absolute atomic E-state index is 0.318. The van der Waals surface area contributed by atoms with Gasteiger partial charge in [-0.2, -0.15) is 0 Å². The molecule has 0 spiro atoms. The van der Waals surface area contributed by atoms with Crippen LogP contribution in [0.25, 0.3) is 0 Å². The van der Waals surface area contributed by atoms with Crippen LogP contribution in [0, 0.1) is 0 Å². The van der Waals surface area contributed by atoms with Crippen LogP contribution in [0.1, 0.15) is 50.3 Å². The van der Waals surface area contributed by atoms with Crippen molar-refractivity contribution in [2.75, 3.05) is 20.3 Å². The highest BCUT2D eigenvalue weighted by atomic mass is 16.5. The van der Waals surface area contributed by atoms with Crippen LogP contribution in [0.5, 0.6) is 5.75 Å². The maximum atomic E-state index is 5.59. The van der Waals surface area contributed by atoms with Crippen molar-refractivity contribution in [2.24, 2.45) is 0 Å². The third-order valence-electron chi connectivity index (χ3n) is 4.02. The molecular weight excluding hydrogens is 250 g/mol. The highest BCUT2D eigenvalue weighted by molar-refractivity contribution is 5.40. The third-order valence-corrected chi connectivity index (χ3v) is 4.02. The fraction of sp³-hybridized carbons (Fsp3) is 0.647. The van der Waals surface area contributed by atoms with Crippen molar-refractivity contribution in [1.29, 1.82) is 0 Å². The average Bonchev–Trinajstić information content (AvgIpc) is 2.94. The van der Waals surface area contributed by atoms with E-state index in [4.69, 9.17) is 9.47 Å². The van der Waals surface area contributed by atoms with Crippen LogP contribution in [-0.2, 0) is 11.2 Å². The zero-order valence-electron chi connectivity index (χ0n) is 12.9. The van der Waals surface area contributed by atoms with Gasteiger partial charge in [0.15, 0.2) is 0 Å². The predicted molar refractivity (Wildman–Crippen MR) is 82.4 cm³/mol. The first-order valence-corrected chi connectivity index (χ1v) is 7.76. The SMILES string of the molecule is CCCNC(CCC(C)OC)c1ccc2c(c1)CCO2. The molecule has 0 fully saturated rings. The standard InChI is InChI=1S/C17H27NO2/c1-4-10-18-16(7-5-13(2)19-3)14-6-8-17-15(12-14)9-11-20-17/h6,8,12-13,16,18H,4-5,7,9-11H2,1-3H3. The van der Waals surface area contributed by atoms with E-state index in [2.05, 4.69) is 37.4 Å². The molecule has 3 heteroatoms. The molecule has 0 bridgehead atoms. The van der Waals surface area contributed by atoms with Crippen LogP contribution in [0.2, 0.25) is 0 Å². The maximum absolute atomic E-state index is 5.59. The number of ether oxygens (including phenoxy) is 2. The molecule has 0 saturated carbocycles. The van der Waals surface area contributed by atoms with Crippen LogP contribution in [-0.4, -0.2) is 26.4 Å². The van der Waals surface area contributed by atoms with Gasteiger partial charge in [0, 0.05) is 19.6 Å². The number of methoxy groups -OCH3 is 1. The quantitative estimate of drug-likeness (QED) is 0.789. The minimum Gasteiger partial charge on any atom is -0.493 e. The Morgan fingerprint density at radius 1 is 1.35 bits per heavy atom. The molecule has 1 heterocycles. The van der Waals surface area contributed by atoms with Crippen LogP contribution < -0.4 is 10.1 Å². The summed E-state index contributed by atoms with van der Waals surface area (Å²) in [6.45, 7) is 6.22. The van der Waals surface area contributed by atoms with Crippen LogP contribution in [0.4, 0.5) is 0 Å². The first-order valence-electron chi connectivity index (χ1n) is 7.76. The molecule has 0 aliphatic carbocycles. The van der Waals surface area contributed by atoms with Crippen molar-refractivity contribution in [3.05, 3.63) is 29.3 Å². The number of benzene rings is 1. The Morgan fingerprint density at radius 3 is 2.95 bits per heavy atom. The van der Waals surface area contributed by atoms with Crippen molar-refractivity contribution in [1.82, 2.24) is 5.32 Å². The molecule has 1 aromatic carbocycles. The number of hydrogen-bond acceptors (Lipinski definition) is 3. The monoisotopic (exact) mass is 277 g/mol. The van der Waals surface area contributed by atoms with Crippen molar-refractivity contribution in [3.8, 4) is 5.75 Å². The molecular formula is C17H27NO2. The summed E-state index contributed by atoms with van der Waals surface area (Å²) in [4.78, 5) is 0. The number of fused-ring (bicyclic) bond motifs is 1. The van der Waals surface area contributed by atoms with Gasteiger partial charge in [0.2, 0.25) is 0 Å². The van der Waals surface area contributed by atoms with Crippen LogP contribution >= 0.6 is 0 Å². The van der Waals surface area contributed by atoms with E-state index < -0.39 is 0 Å². The number of hydrogen-bond donors (Lipinski definition) is 1. The Balaban J connectivity index is 2.04. The molecule has 1 aliphatic heterocycles. The lowest BCUT2D eigenvalue weighted by Crippen LogP contribution is -2.23. The first-order chi connectivity index (χ1) is 9.74. The van der Waals surface area contributed by atoms with E-state index in [-0.39, 0.29) is 0 Å². The molecule has 2 unspecified atom stereocenters. The first kappa shape index (κ1) is 15.3. The van der Waals surface area contributed by atoms with Gasteiger partial charge in [-0.1, -0.05) is 19.1 Å². The minimum atomic E-state index is 0.318. The Hall–Kier alpha value is -1.06. The summed E-state index contributed by atoms with van der Waals surface area (Å²) in [5.74, 6) is 1.06. The van der Waals surface area contributed by atoms with E-state index in [0.717, 1.165) is 44.6 Å². The van der Waals surface area contributed by atoms with E-state index in [1.165, 1.54) is 11.1 Å². The second-order valence-electron chi connectivity index (χ2n) is 5.60. The molecule has 20 heavy (non-hydrogen) atoms. The van der Waals surface area contributed by atoms with Gasteiger partial charge in [0.1, 0.15) is 5.75 Å². The molecule has 1 N–H and O–H groups in total. The molecule has 2 rings (SSSR count). The van der Waals surface area contributed by atoms with E-state index in [1.54, 1.807) is 7.11 Å². The summed E-state index contributed by atoms with van der Waals surface area (Å²) in [6.07, 6.45) is 4.70. The van der Waals surface area contributed by atoms with Gasteiger partial charge in [-0.25, -0.2) is 0 Å². The van der Waals surface area contributed by atoms with E-state index in [0.29, 0.717) is 12.1 Å². The molecule has 0 saturated heterocycles. The third kappa shape index (κ3) is 3.97. The Labute approximate surface area is 122 Å². The molecule has 112 valence electrons. The van der Waals surface area contributed by atoms with Gasteiger partial charge in [-0.05, 0) is 49.9 Å². The zero-order valence-corrected chi connectivity index (χ0v) is 12.9. The van der Waals surface area contributed by atoms with Gasteiger partial charge in [0.25, 0.3) is 0 Å². The van der Waals surface area contributed by atoms with Crippen molar-refractivity contribution >= 4 is 0 Å². The number of rotatable bonds is 8.